The minimum Gasteiger partial charge on any atom is -0.435 e. The lowest BCUT2D eigenvalue weighted by molar-refractivity contribution is -0.109. The predicted octanol–water partition coefficient (Wildman–Crippen LogP) is 3.12. The van der Waals surface area contributed by atoms with E-state index < -0.39 is 6.61 Å². The molecule has 0 bridgehead atoms. The van der Waals surface area contributed by atoms with Gasteiger partial charge in [0.05, 0.1) is 11.7 Å². The third kappa shape index (κ3) is 3.64. The molecule has 0 aliphatic carbocycles. The van der Waals surface area contributed by atoms with Crippen LogP contribution in [0.2, 0.25) is 0 Å². The second-order valence-electron chi connectivity index (χ2n) is 4.99. The monoisotopic (exact) mass is 271 g/mol. The highest BCUT2D eigenvalue weighted by Crippen LogP contribution is 2.30. The summed E-state index contributed by atoms with van der Waals surface area (Å²) in [4.78, 5) is 0. The van der Waals surface area contributed by atoms with Crippen molar-refractivity contribution in [2.24, 2.45) is 0 Å². The van der Waals surface area contributed by atoms with Crippen LogP contribution in [0.4, 0.5) is 8.78 Å². The van der Waals surface area contributed by atoms with E-state index >= 15 is 0 Å². The van der Waals surface area contributed by atoms with E-state index in [9.17, 15) is 8.78 Å². The first-order chi connectivity index (χ1) is 9.02. The van der Waals surface area contributed by atoms with Crippen LogP contribution < -0.4 is 10.1 Å². The van der Waals surface area contributed by atoms with Crippen LogP contribution >= 0.6 is 0 Å². The summed E-state index contributed by atoms with van der Waals surface area (Å²) in [5.41, 5.74) is 0.787. The maximum Gasteiger partial charge on any atom is 0.387 e. The summed E-state index contributed by atoms with van der Waals surface area (Å²) < 4.78 is 34.5. The number of ether oxygens (including phenoxy) is 2. The van der Waals surface area contributed by atoms with Crippen molar-refractivity contribution in [1.82, 2.24) is 5.32 Å². The molecule has 1 aromatic rings. The van der Waals surface area contributed by atoms with E-state index in [1.807, 2.05) is 0 Å². The maximum absolute atomic E-state index is 12.1. The van der Waals surface area contributed by atoms with E-state index in [0.717, 1.165) is 25.1 Å². The summed E-state index contributed by atoms with van der Waals surface area (Å²) in [6.07, 6.45) is 0.864. The fourth-order valence-electron chi connectivity index (χ4n) is 2.15. The summed E-state index contributed by atoms with van der Waals surface area (Å²) in [7, 11) is 0. The Hall–Kier alpha value is -1.20. The second kappa shape index (κ2) is 5.84. The number of nitrogens with one attached hydrogen (secondary N) is 1. The molecule has 2 rings (SSSR count). The minimum absolute atomic E-state index is 0.0562. The smallest absolute Gasteiger partial charge is 0.387 e. The van der Waals surface area contributed by atoms with Crippen molar-refractivity contribution in [1.29, 1.82) is 0 Å². The van der Waals surface area contributed by atoms with E-state index in [0.29, 0.717) is 0 Å². The number of benzene rings is 1. The van der Waals surface area contributed by atoms with E-state index in [4.69, 9.17) is 4.74 Å². The van der Waals surface area contributed by atoms with E-state index in [1.54, 1.807) is 24.3 Å². The fourth-order valence-corrected chi connectivity index (χ4v) is 2.15. The van der Waals surface area contributed by atoms with Gasteiger partial charge in [0.2, 0.25) is 0 Å². The van der Waals surface area contributed by atoms with Crippen molar-refractivity contribution < 1.29 is 18.3 Å². The molecule has 1 heterocycles. The SMILES string of the molecule is CCC1(C)CNCC(c2ccc(OC(F)F)cc2)O1. The molecule has 1 aliphatic rings. The molecule has 2 unspecified atom stereocenters. The average molecular weight is 271 g/mol. The van der Waals surface area contributed by atoms with Crippen LogP contribution in [0, 0.1) is 0 Å². The molecule has 1 N–H and O–H groups in total. The van der Waals surface area contributed by atoms with Crippen LogP contribution in [0.1, 0.15) is 31.9 Å². The molecule has 0 aromatic heterocycles. The van der Waals surface area contributed by atoms with Gasteiger partial charge in [-0.2, -0.15) is 8.78 Å². The third-order valence-electron chi connectivity index (χ3n) is 3.48. The highest BCUT2D eigenvalue weighted by Gasteiger charge is 2.31. The zero-order chi connectivity index (χ0) is 13.9. The van der Waals surface area contributed by atoms with Gasteiger partial charge in [0, 0.05) is 13.1 Å². The molecule has 3 nitrogen and oxygen atoms in total. The van der Waals surface area contributed by atoms with Gasteiger partial charge in [-0.25, -0.2) is 0 Å². The molecule has 1 fully saturated rings. The molecular weight excluding hydrogens is 252 g/mol. The highest BCUT2D eigenvalue weighted by molar-refractivity contribution is 5.29. The third-order valence-corrected chi connectivity index (χ3v) is 3.48. The first kappa shape index (κ1) is 14.2. The standard InChI is InChI=1S/C14H19F2NO2/c1-3-14(2)9-17-8-12(19-14)10-4-6-11(7-5-10)18-13(15)16/h4-7,12-13,17H,3,8-9H2,1-2H3. The average Bonchev–Trinajstić information content (AvgIpc) is 2.39. The normalized spacial score (nSPS) is 27.5. The first-order valence-corrected chi connectivity index (χ1v) is 6.46. The summed E-state index contributed by atoms with van der Waals surface area (Å²) in [6.45, 7) is 2.92. The van der Waals surface area contributed by atoms with E-state index in [2.05, 4.69) is 23.9 Å². The fraction of sp³-hybridized carbons (Fsp3) is 0.571. The lowest BCUT2D eigenvalue weighted by Gasteiger charge is -2.39. The van der Waals surface area contributed by atoms with Gasteiger partial charge in [-0.15, -0.1) is 0 Å². The Balaban J connectivity index is 2.05. The molecule has 1 aliphatic heterocycles. The Kier molecular flexibility index (Phi) is 4.37. The van der Waals surface area contributed by atoms with Gasteiger partial charge < -0.3 is 14.8 Å². The molecular formula is C14H19F2NO2. The van der Waals surface area contributed by atoms with Crippen molar-refractivity contribution in [2.75, 3.05) is 13.1 Å². The first-order valence-electron chi connectivity index (χ1n) is 6.46. The van der Waals surface area contributed by atoms with Crippen LogP contribution in [-0.2, 0) is 4.74 Å². The van der Waals surface area contributed by atoms with Gasteiger partial charge in [0.15, 0.2) is 0 Å². The second-order valence-corrected chi connectivity index (χ2v) is 4.99. The van der Waals surface area contributed by atoms with Gasteiger partial charge in [-0.05, 0) is 31.0 Å². The molecule has 1 aromatic carbocycles. The summed E-state index contributed by atoms with van der Waals surface area (Å²) >= 11 is 0. The van der Waals surface area contributed by atoms with Crippen molar-refractivity contribution in [3.8, 4) is 5.75 Å². The lowest BCUT2D eigenvalue weighted by Crippen LogP contribution is -2.48. The summed E-state index contributed by atoms with van der Waals surface area (Å²) in [6, 6.07) is 6.63. The van der Waals surface area contributed by atoms with Gasteiger partial charge in [0.1, 0.15) is 5.75 Å². The van der Waals surface area contributed by atoms with Crippen molar-refractivity contribution in [3.63, 3.8) is 0 Å². The lowest BCUT2D eigenvalue weighted by atomic mass is 9.98. The van der Waals surface area contributed by atoms with Gasteiger partial charge in [-0.3, -0.25) is 0 Å². The topological polar surface area (TPSA) is 30.5 Å². The van der Waals surface area contributed by atoms with Gasteiger partial charge >= 0.3 is 6.61 Å². The van der Waals surface area contributed by atoms with Gasteiger partial charge in [0.25, 0.3) is 0 Å². The Morgan fingerprint density at radius 3 is 2.68 bits per heavy atom. The largest absolute Gasteiger partial charge is 0.435 e. The predicted molar refractivity (Wildman–Crippen MR) is 68.5 cm³/mol. The van der Waals surface area contributed by atoms with E-state index in [-0.39, 0.29) is 17.5 Å². The van der Waals surface area contributed by atoms with Crippen LogP contribution in [0.3, 0.4) is 0 Å². The van der Waals surface area contributed by atoms with Crippen LogP contribution in [0.25, 0.3) is 0 Å². The molecule has 5 heteroatoms. The van der Waals surface area contributed by atoms with Crippen molar-refractivity contribution in [3.05, 3.63) is 29.8 Å². The highest BCUT2D eigenvalue weighted by atomic mass is 19.3. The molecule has 0 radical (unpaired) electrons. The zero-order valence-corrected chi connectivity index (χ0v) is 11.2. The Morgan fingerprint density at radius 2 is 2.11 bits per heavy atom. The molecule has 19 heavy (non-hydrogen) atoms. The molecule has 2 atom stereocenters. The van der Waals surface area contributed by atoms with Gasteiger partial charge in [-0.1, -0.05) is 19.1 Å². The van der Waals surface area contributed by atoms with Crippen LogP contribution in [0.5, 0.6) is 5.75 Å². The number of hydrogen-bond donors (Lipinski definition) is 1. The molecule has 0 saturated carbocycles. The Labute approximate surface area is 111 Å². The number of halogens is 2. The Bertz CT molecular complexity index is 410. The molecule has 0 spiro atoms. The van der Waals surface area contributed by atoms with Crippen LogP contribution in [0.15, 0.2) is 24.3 Å². The van der Waals surface area contributed by atoms with Crippen molar-refractivity contribution >= 4 is 0 Å². The maximum atomic E-state index is 12.1. The molecule has 1 saturated heterocycles. The Morgan fingerprint density at radius 1 is 1.42 bits per heavy atom. The number of morpholine rings is 1. The zero-order valence-electron chi connectivity index (χ0n) is 11.2. The minimum atomic E-state index is -2.79. The van der Waals surface area contributed by atoms with E-state index in [1.165, 1.54) is 0 Å². The summed E-state index contributed by atoms with van der Waals surface area (Å²) in [5.74, 6) is 0.167. The number of alkyl halides is 2. The summed E-state index contributed by atoms with van der Waals surface area (Å²) in [5, 5.41) is 3.35. The quantitative estimate of drug-likeness (QED) is 0.912. The number of hydrogen-bond acceptors (Lipinski definition) is 3. The molecule has 106 valence electrons. The van der Waals surface area contributed by atoms with Crippen molar-refractivity contribution in [2.45, 2.75) is 38.6 Å². The van der Waals surface area contributed by atoms with Crippen LogP contribution in [-0.4, -0.2) is 25.3 Å². The molecule has 0 amide bonds. The number of rotatable bonds is 4.